The van der Waals surface area contributed by atoms with E-state index in [1.54, 1.807) is 35.5 Å². The molecule has 0 aliphatic heterocycles. The topological polar surface area (TPSA) is 94.9 Å². The molecule has 7 nitrogen and oxygen atoms in total. The minimum absolute atomic E-state index is 0. The molecule has 9 heteroatoms. The molecule has 0 bridgehead atoms. The van der Waals surface area contributed by atoms with E-state index in [0.29, 0.717) is 18.8 Å². The molecule has 1 unspecified atom stereocenters. The molecule has 2 aromatic heterocycles. The largest absolute Gasteiger partial charge is 1.00 e. The summed E-state index contributed by atoms with van der Waals surface area (Å²) in [4.78, 5) is 19.5. The number of nitrogens with two attached hydrogens (primary N) is 1. The van der Waals surface area contributed by atoms with E-state index in [9.17, 15) is 4.79 Å². The minimum Gasteiger partial charge on any atom is -1.00 e. The van der Waals surface area contributed by atoms with Gasteiger partial charge in [0.05, 0.1) is 7.11 Å². The van der Waals surface area contributed by atoms with Crippen LogP contribution in [0.2, 0.25) is 0 Å². The predicted octanol–water partition coefficient (Wildman–Crippen LogP) is -2.86. The number of ether oxygens (including phenoxy) is 1. The number of aryl methyl sites for hydroxylation is 1. The molecule has 0 radical (unpaired) electrons. The Kier molecular flexibility index (Phi) is 9.39. The molecule has 2 N–H and O–H groups in total. The van der Waals surface area contributed by atoms with Crippen molar-refractivity contribution in [1.29, 1.82) is 0 Å². The molecule has 2 heterocycles. The fourth-order valence-electron chi connectivity index (χ4n) is 1.64. The van der Waals surface area contributed by atoms with E-state index >= 15 is 0 Å². The van der Waals surface area contributed by atoms with Gasteiger partial charge in [-0.05, 0) is 11.2 Å². The van der Waals surface area contributed by atoms with Crippen LogP contribution in [0.15, 0.2) is 36.9 Å². The first-order valence-corrected chi connectivity index (χ1v) is 6.17. The van der Waals surface area contributed by atoms with E-state index in [1.165, 1.54) is 7.11 Å². The zero-order chi connectivity index (χ0) is 14.4. The van der Waals surface area contributed by atoms with Crippen LogP contribution in [0.1, 0.15) is 6.42 Å². The number of nitrogens with zero attached hydrogens (tertiary/aromatic N) is 4. The fraction of sp³-hybridized carbons (Fsp3) is 0.308. The van der Waals surface area contributed by atoms with Crippen LogP contribution < -0.4 is 27.4 Å². The number of rotatable bonds is 5. The van der Waals surface area contributed by atoms with Crippen LogP contribution in [0.5, 0.6) is 0 Å². The van der Waals surface area contributed by atoms with Crippen LogP contribution in [0.25, 0.3) is 11.4 Å². The number of aromatic nitrogens is 4. The number of halogens is 2. The number of methoxy groups -OCH3 is 1. The van der Waals surface area contributed by atoms with Gasteiger partial charge in [-0.1, -0.05) is 4.68 Å². The third-order valence-electron chi connectivity index (χ3n) is 2.77. The molecule has 0 saturated carbocycles. The van der Waals surface area contributed by atoms with Crippen molar-refractivity contribution in [3.63, 3.8) is 0 Å². The van der Waals surface area contributed by atoms with Gasteiger partial charge in [-0.25, -0.2) is 9.97 Å². The van der Waals surface area contributed by atoms with E-state index in [0.717, 1.165) is 5.56 Å². The van der Waals surface area contributed by atoms with Crippen molar-refractivity contribution in [3.8, 4) is 11.4 Å². The van der Waals surface area contributed by atoms with Crippen molar-refractivity contribution >= 4 is 18.4 Å². The number of carbonyl (C=O) groups excluding carboxylic acids is 1. The number of hydrogen-bond acceptors (Lipinski definition) is 6. The van der Waals surface area contributed by atoms with Crippen molar-refractivity contribution in [2.75, 3.05) is 7.11 Å². The highest BCUT2D eigenvalue weighted by atomic mass is 79.9. The molecule has 2 aromatic rings. The van der Waals surface area contributed by atoms with Crippen molar-refractivity contribution in [1.82, 2.24) is 15.1 Å². The Labute approximate surface area is 145 Å². The van der Waals surface area contributed by atoms with Crippen molar-refractivity contribution in [2.24, 2.45) is 5.73 Å². The van der Waals surface area contributed by atoms with Crippen LogP contribution in [0.4, 0.5) is 0 Å². The third-order valence-corrected chi connectivity index (χ3v) is 2.77. The summed E-state index contributed by atoms with van der Waals surface area (Å²) in [5, 5.41) is 4.24. The minimum atomic E-state index is -0.633. The number of carbonyl (C=O) groups is 1. The van der Waals surface area contributed by atoms with E-state index < -0.39 is 12.0 Å². The summed E-state index contributed by atoms with van der Waals surface area (Å²) in [6, 6.07) is 2.99. The zero-order valence-corrected chi connectivity index (χ0v) is 14.3. The monoisotopic (exact) mass is 389 g/mol. The maximum absolute atomic E-state index is 11.2. The van der Waals surface area contributed by atoms with Crippen LogP contribution >= 0.6 is 12.4 Å². The molecule has 22 heavy (non-hydrogen) atoms. The van der Waals surface area contributed by atoms with Crippen molar-refractivity contribution < 1.29 is 31.2 Å². The van der Waals surface area contributed by atoms with Crippen LogP contribution in [0, 0.1) is 0 Å². The van der Waals surface area contributed by atoms with E-state index in [4.69, 9.17) is 5.73 Å². The third kappa shape index (κ3) is 5.63. The Morgan fingerprint density at radius 1 is 1.41 bits per heavy atom. The summed E-state index contributed by atoms with van der Waals surface area (Å²) < 4.78 is 6.27. The van der Waals surface area contributed by atoms with Crippen LogP contribution in [0.3, 0.4) is 0 Å². The highest BCUT2D eigenvalue weighted by molar-refractivity contribution is 5.85. The molecule has 0 spiro atoms. The van der Waals surface area contributed by atoms with Crippen molar-refractivity contribution in [3.05, 3.63) is 36.9 Å². The average molecular weight is 391 g/mol. The first-order valence-electron chi connectivity index (χ1n) is 6.17. The zero-order valence-electron chi connectivity index (χ0n) is 11.9. The molecule has 0 fully saturated rings. The highest BCUT2D eigenvalue weighted by Crippen LogP contribution is 2.09. The molecule has 1 atom stereocenters. The van der Waals surface area contributed by atoms with Gasteiger partial charge < -0.3 is 27.5 Å². The van der Waals surface area contributed by atoms with Gasteiger partial charge >= 0.3 is 5.97 Å². The lowest BCUT2D eigenvalue weighted by Gasteiger charge is -2.05. The lowest BCUT2D eigenvalue weighted by Crippen LogP contribution is -3.00. The molecular weight excluding hydrogens is 374 g/mol. The first-order chi connectivity index (χ1) is 9.70. The smallest absolute Gasteiger partial charge is 0.322 e. The second-order valence-corrected chi connectivity index (χ2v) is 4.17. The van der Waals surface area contributed by atoms with Gasteiger partial charge in [0, 0.05) is 30.4 Å². The molecule has 120 valence electrons. The molecule has 0 amide bonds. The Balaban J connectivity index is 0.00000220. The standard InChI is InChI=1S/C13H16N5O2.BrH.ClH/c1-20-13(19)11(14)4-8-18-7-3-10(9-17-18)12-15-5-2-6-16-12;;/h2-3,5-7,9,11H,4,8,14H2,1H3;2*1H/q+1;;/p-1. The number of esters is 1. The second-order valence-electron chi connectivity index (χ2n) is 4.17. The van der Waals surface area contributed by atoms with Crippen LogP contribution in [-0.2, 0) is 16.1 Å². The highest BCUT2D eigenvalue weighted by Gasteiger charge is 2.16. The fourth-order valence-corrected chi connectivity index (χ4v) is 1.64. The van der Waals surface area contributed by atoms with Crippen molar-refractivity contribution in [2.45, 2.75) is 19.0 Å². The molecule has 0 aliphatic rings. The Morgan fingerprint density at radius 2 is 2.09 bits per heavy atom. The van der Waals surface area contributed by atoms with Gasteiger partial charge in [-0.15, -0.1) is 12.4 Å². The summed E-state index contributed by atoms with van der Waals surface area (Å²) >= 11 is 0. The summed E-state index contributed by atoms with van der Waals surface area (Å²) in [5.74, 6) is 0.207. The predicted molar refractivity (Wildman–Crippen MR) is 77.3 cm³/mol. The molecule has 2 rings (SSSR count). The second kappa shape index (κ2) is 10.1. The normalized spacial score (nSPS) is 10.8. The van der Waals surface area contributed by atoms with E-state index in [1.807, 2.05) is 6.07 Å². The summed E-state index contributed by atoms with van der Waals surface area (Å²) in [7, 11) is 1.32. The van der Waals surface area contributed by atoms with Crippen LogP contribution in [-0.4, -0.2) is 34.2 Å². The molecule has 0 aliphatic carbocycles. The summed E-state index contributed by atoms with van der Waals surface area (Å²) in [5.41, 5.74) is 6.49. The van der Waals surface area contributed by atoms with Gasteiger partial charge in [-0.3, -0.25) is 4.79 Å². The van der Waals surface area contributed by atoms with Gasteiger partial charge in [0.25, 0.3) is 0 Å². The Hall–Kier alpha value is -1.64. The van der Waals surface area contributed by atoms with Gasteiger partial charge in [0.2, 0.25) is 0 Å². The van der Waals surface area contributed by atoms with Gasteiger partial charge in [0.1, 0.15) is 12.2 Å². The summed E-state index contributed by atoms with van der Waals surface area (Å²) in [6.45, 7) is 0.534. The Bertz CT molecular complexity index is 570. The maximum Gasteiger partial charge on any atom is 0.322 e. The van der Waals surface area contributed by atoms with Gasteiger partial charge in [0.15, 0.2) is 18.6 Å². The molecular formula is C13H17BrClN5O2. The lowest BCUT2D eigenvalue weighted by atomic mass is 10.2. The molecule has 0 saturated heterocycles. The van der Waals surface area contributed by atoms with E-state index in [-0.39, 0.29) is 29.4 Å². The quantitative estimate of drug-likeness (QED) is 0.436. The van der Waals surface area contributed by atoms with Gasteiger partial charge in [-0.2, -0.15) is 0 Å². The number of hydrogen-bond donors (Lipinski definition) is 1. The summed E-state index contributed by atoms with van der Waals surface area (Å²) in [6.07, 6.45) is 7.30. The maximum atomic E-state index is 11.2. The molecule has 0 aromatic carbocycles. The average Bonchev–Trinajstić information content (AvgIpc) is 2.53. The first kappa shape index (κ1) is 20.4. The SMILES string of the molecule is COC(=O)C(N)CC[n+]1ccc(-c2ncccn2)cn1.Cl.[Br-]. The lowest BCUT2D eigenvalue weighted by molar-refractivity contribution is -0.754. The van der Waals surface area contributed by atoms with E-state index in [2.05, 4.69) is 19.8 Å². The Morgan fingerprint density at radius 3 is 2.64 bits per heavy atom.